The molecule has 0 aliphatic carbocycles. The Balaban J connectivity index is 2.12. The van der Waals surface area contributed by atoms with Gasteiger partial charge in [0.15, 0.2) is 0 Å². The number of benzene rings is 1. The Kier molecular flexibility index (Phi) is 5.67. The van der Waals surface area contributed by atoms with Gasteiger partial charge >= 0.3 is 0 Å². The molecule has 0 fully saturated rings. The highest BCUT2D eigenvalue weighted by atomic mass is 16.5. The van der Waals surface area contributed by atoms with Gasteiger partial charge < -0.3 is 9.47 Å². The summed E-state index contributed by atoms with van der Waals surface area (Å²) in [7, 11) is 0. The maximum atomic E-state index is 8.66. The van der Waals surface area contributed by atoms with Gasteiger partial charge in [-0.3, -0.25) is 0 Å². The van der Waals surface area contributed by atoms with E-state index in [1.807, 2.05) is 0 Å². The molecule has 3 nitrogen and oxygen atoms in total. The lowest BCUT2D eigenvalue weighted by Gasteiger charge is -2.17. The molecule has 1 aromatic rings. The molecule has 1 rings (SSSR count). The molecule has 0 unspecified atom stereocenters. The van der Waals surface area contributed by atoms with Crippen LogP contribution in [-0.2, 0) is 4.74 Å². The molecule has 0 aromatic heterocycles. The highest BCUT2D eigenvalue weighted by Gasteiger charge is 2.08. The molecule has 1 aromatic carbocycles. The zero-order valence-corrected chi connectivity index (χ0v) is 11.4. The van der Waals surface area contributed by atoms with Gasteiger partial charge in [0, 0.05) is 6.61 Å². The fraction of sp³-hybridized carbons (Fsp3) is 0.533. The number of hydrogen-bond acceptors (Lipinski definition) is 3. The lowest BCUT2D eigenvalue weighted by atomic mass is 9.93. The molecule has 0 heterocycles. The average Bonchev–Trinajstić information content (AvgIpc) is 2.33. The highest BCUT2D eigenvalue weighted by molar-refractivity contribution is 5.34. The van der Waals surface area contributed by atoms with Crippen LogP contribution in [0.5, 0.6) is 5.75 Å². The van der Waals surface area contributed by atoms with Crippen LogP contribution in [0.25, 0.3) is 0 Å². The first-order valence-corrected chi connectivity index (χ1v) is 6.22. The Hall–Kier alpha value is -1.53. The monoisotopic (exact) mass is 247 g/mol. The van der Waals surface area contributed by atoms with Gasteiger partial charge in [0.2, 0.25) is 0 Å². The number of hydrogen-bond donors (Lipinski definition) is 0. The summed E-state index contributed by atoms with van der Waals surface area (Å²) in [6, 6.07) is 9.16. The van der Waals surface area contributed by atoms with Crippen molar-refractivity contribution in [2.24, 2.45) is 5.41 Å². The summed E-state index contributed by atoms with van der Waals surface area (Å²) in [6.07, 6.45) is 1.05. The third kappa shape index (κ3) is 6.27. The average molecular weight is 247 g/mol. The van der Waals surface area contributed by atoms with Crippen molar-refractivity contribution in [3.63, 3.8) is 0 Å². The fourth-order valence-corrected chi connectivity index (χ4v) is 1.32. The van der Waals surface area contributed by atoms with E-state index in [1.165, 1.54) is 0 Å². The summed E-state index contributed by atoms with van der Waals surface area (Å²) >= 11 is 0. The van der Waals surface area contributed by atoms with E-state index in [4.69, 9.17) is 14.7 Å². The summed E-state index contributed by atoms with van der Waals surface area (Å²) in [5.74, 6) is 0.772. The van der Waals surface area contributed by atoms with Crippen molar-refractivity contribution in [3.05, 3.63) is 29.8 Å². The molecule has 0 aliphatic rings. The van der Waals surface area contributed by atoms with Crippen molar-refractivity contribution < 1.29 is 9.47 Å². The molecule has 98 valence electrons. The SMILES string of the molecule is CC(C)(C)CCOCCOc1ccc(C#N)cc1. The van der Waals surface area contributed by atoms with Crippen molar-refractivity contribution in [1.29, 1.82) is 5.26 Å². The van der Waals surface area contributed by atoms with Crippen LogP contribution in [0, 0.1) is 16.7 Å². The van der Waals surface area contributed by atoms with Gasteiger partial charge in [-0.05, 0) is 36.1 Å². The van der Waals surface area contributed by atoms with Crippen LogP contribution in [0.1, 0.15) is 32.8 Å². The Bertz CT molecular complexity index is 384. The predicted molar refractivity (Wildman–Crippen MR) is 71.5 cm³/mol. The van der Waals surface area contributed by atoms with E-state index < -0.39 is 0 Å². The van der Waals surface area contributed by atoms with Crippen molar-refractivity contribution in [2.75, 3.05) is 19.8 Å². The third-order valence-corrected chi connectivity index (χ3v) is 2.48. The number of nitriles is 1. The van der Waals surface area contributed by atoms with Gasteiger partial charge in [0.1, 0.15) is 12.4 Å². The second-order valence-corrected chi connectivity index (χ2v) is 5.41. The molecule has 0 bridgehead atoms. The second kappa shape index (κ2) is 7.03. The minimum absolute atomic E-state index is 0.313. The first-order chi connectivity index (χ1) is 8.51. The van der Waals surface area contributed by atoms with Crippen LogP contribution in [-0.4, -0.2) is 19.8 Å². The van der Waals surface area contributed by atoms with Gasteiger partial charge in [-0.15, -0.1) is 0 Å². The summed E-state index contributed by atoms with van der Waals surface area (Å²) in [5.41, 5.74) is 0.956. The van der Waals surface area contributed by atoms with Crippen LogP contribution in [0.4, 0.5) is 0 Å². The summed E-state index contributed by atoms with van der Waals surface area (Å²) in [6.45, 7) is 8.49. The van der Waals surface area contributed by atoms with Gasteiger partial charge in [-0.1, -0.05) is 20.8 Å². The quantitative estimate of drug-likeness (QED) is 0.724. The summed E-state index contributed by atoms with van der Waals surface area (Å²) in [5, 5.41) is 8.66. The van der Waals surface area contributed by atoms with Crippen LogP contribution >= 0.6 is 0 Å². The maximum Gasteiger partial charge on any atom is 0.119 e. The van der Waals surface area contributed by atoms with Gasteiger partial charge in [0.25, 0.3) is 0 Å². The van der Waals surface area contributed by atoms with Crippen molar-refractivity contribution in [1.82, 2.24) is 0 Å². The smallest absolute Gasteiger partial charge is 0.119 e. The van der Waals surface area contributed by atoms with Crippen LogP contribution < -0.4 is 4.74 Å². The standard InChI is InChI=1S/C15H21NO2/c1-15(2,3)8-9-17-10-11-18-14-6-4-13(12-16)5-7-14/h4-7H,8-11H2,1-3H3. The second-order valence-electron chi connectivity index (χ2n) is 5.41. The molecular weight excluding hydrogens is 226 g/mol. The van der Waals surface area contributed by atoms with E-state index in [0.717, 1.165) is 18.8 Å². The minimum Gasteiger partial charge on any atom is -0.491 e. The lowest BCUT2D eigenvalue weighted by molar-refractivity contribution is 0.0818. The van der Waals surface area contributed by atoms with Crippen LogP contribution in [0.15, 0.2) is 24.3 Å². The molecular formula is C15H21NO2. The first-order valence-electron chi connectivity index (χ1n) is 6.22. The Morgan fingerprint density at radius 3 is 2.28 bits per heavy atom. The maximum absolute atomic E-state index is 8.66. The first kappa shape index (κ1) is 14.5. The zero-order chi connectivity index (χ0) is 13.4. The van der Waals surface area contributed by atoms with E-state index in [-0.39, 0.29) is 0 Å². The van der Waals surface area contributed by atoms with Crippen molar-refractivity contribution in [2.45, 2.75) is 27.2 Å². The van der Waals surface area contributed by atoms with E-state index >= 15 is 0 Å². The van der Waals surface area contributed by atoms with E-state index in [2.05, 4.69) is 26.8 Å². The number of ether oxygens (including phenoxy) is 2. The van der Waals surface area contributed by atoms with Crippen LogP contribution in [0.3, 0.4) is 0 Å². The van der Waals surface area contributed by atoms with E-state index in [9.17, 15) is 0 Å². The number of rotatable bonds is 6. The van der Waals surface area contributed by atoms with E-state index in [0.29, 0.717) is 24.2 Å². The largest absolute Gasteiger partial charge is 0.491 e. The van der Waals surface area contributed by atoms with Crippen molar-refractivity contribution in [3.8, 4) is 11.8 Å². The van der Waals surface area contributed by atoms with Crippen LogP contribution in [0.2, 0.25) is 0 Å². The molecule has 0 radical (unpaired) electrons. The molecule has 0 atom stereocenters. The van der Waals surface area contributed by atoms with E-state index in [1.54, 1.807) is 24.3 Å². The molecule has 0 saturated carbocycles. The Labute approximate surface area is 109 Å². The molecule has 0 N–H and O–H groups in total. The van der Waals surface area contributed by atoms with Crippen molar-refractivity contribution >= 4 is 0 Å². The molecule has 0 saturated heterocycles. The Morgan fingerprint density at radius 2 is 1.72 bits per heavy atom. The molecule has 0 aliphatic heterocycles. The minimum atomic E-state index is 0.313. The summed E-state index contributed by atoms with van der Waals surface area (Å²) in [4.78, 5) is 0. The van der Waals surface area contributed by atoms with Gasteiger partial charge in [0.05, 0.1) is 18.2 Å². The normalized spacial score (nSPS) is 11.0. The lowest BCUT2D eigenvalue weighted by Crippen LogP contribution is -2.12. The molecule has 18 heavy (non-hydrogen) atoms. The van der Waals surface area contributed by atoms with Gasteiger partial charge in [-0.2, -0.15) is 5.26 Å². The van der Waals surface area contributed by atoms with Gasteiger partial charge in [-0.25, -0.2) is 0 Å². The third-order valence-electron chi connectivity index (χ3n) is 2.48. The summed E-state index contributed by atoms with van der Waals surface area (Å²) < 4.78 is 11.0. The molecule has 3 heteroatoms. The topological polar surface area (TPSA) is 42.2 Å². The predicted octanol–water partition coefficient (Wildman–Crippen LogP) is 3.39. The molecule has 0 amide bonds. The molecule has 0 spiro atoms. The highest BCUT2D eigenvalue weighted by Crippen LogP contribution is 2.17. The Morgan fingerprint density at radius 1 is 1.06 bits per heavy atom. The number of nitrogens with zero attached hydrogens (tertiary/aromatic N) is 1. The zero-order valence-electron chi connectivity index (χ0n) is 11.4. The fourth-order valence-electron chi connectivity index (χ4n) is 1.32.